The number of nitrogens with zero attached hydrogens (tertiary/aromatic N) is 2. The van der Waals surface area contributed by atoms with Gasteiger partial charge in [0, 0.05) is 17.6 Å². The maximum absolute atomic E-state index is 12.8. The molecule has 0 aliphatic carbocycles. The van der Waals surface area contributed by atoms with Crippen LogP contribution in [-0.2, 0) is 21.7 Å². The first kappa shape index (κ1) is 20.7. The smallest absolute Gasteiger partial charge is 0.325 e. The molecule has 160 valence electrons. The van der Waals surface area contributed by atoms with E-state index in [1.807, 2.05) is 18.2 Å². The van der Waals surface area contributed by atoms with E-state index in [0.717, 1.165) is 10.5 Å². The van der Waals surface area contributed by atoms with E-state index < -0.39 is 23.4 Å². The Kier molecular flexibility index (Phi) is 5.32. The summed E-state index contributed by atoms with van der Waals surface area (Å²) in [4.78, 5) is 40.1. The number of imide groups is 1. The number of rotatable bonds is 6. The number of amides is 4. The summed E-state index contributed by atoms with van der Waals surface area (Å²) in [6.45, 7) is 1.34. The Morgan fingerprint density at radius 2 is 1.90 bits per heavy atom. The molecule has 1 saturated heterocycles. The minimum Gasteiger partial charge on any atom is -0.466 e. The van der Waals surface area contributed by atoms with Gasteiger partial charge in [0.25, 0.3) is 5.91 Å². The topological polar surface area (TPSA) is 96.0 Å². The van der Waals surface area contributed by atoms with Gasteiger partial charge in [0.15, 0.2) is 5.54 Å². The summed E-state index contributed by atoms with van der Waals surface area (Å²) in [6, 6.07) is 13.4. The molecule has 3 heterocycles. The lowest BCUT2D eigenvalue weighted by Crippen LogP contribution is -2.43. The quantitative estimate of drug-likeness (QED) is 0.589. The van der Waals surface area contributed by atoms with Gasteiger partial charge in [-0.3, -0.25) is 14.5 Å². The lowest BCUT2D eigenvalue weighted by molar-refractivity contribution is -0.138. The average molecular weight is 442 g/mol. The molecule has 1 fully saturated rings. The number of carbonyl (C=O) groups excluding carboxylic acids is 3. The minimum atomic E-state index is -1.34. The van der Waals surface area contributed by atoms with Gasteiger partial charge in [0.2, 0.25) is 5.91 Å². The Hall–Kier alpha value is -3.52. The number of benzene rings is 1. The van der Waals surface area contributed by atoms with Gasteiger partial charge < -0.3 is 19.1 Å². The molecule has 1 N–H and O–H groups in total. The molecule has 0 bridgehead atoms. The highest BCUT2D eigenvalue weighted by molar-refractivity contribution is 6.30. The fraction of sp³-hybridized carbons (Fsp3) is 0.227. The Balaban J connectivity index is 1.41. The Bertz CT molecular complexity index is 1120. The molecule has 1 unspecified atom stereocenters. The van der Waals surface area contributed by atoms with Crippen LogP contribution < -0.4 is 5.32 Å². The van der Waals surface area contributed by atoms with Crippen LogP contribution in [0.3, 0.4) is 0 Å². The minimum absolute atomic E-state index is 0.186. The summed E-state index contributed by atoms with van der Waals surface area (Å²) in [6.07, 6.45) is 1.42. The van der Waals surface area contributed by atoms with Crippen molar-refractivity contribution in [2.75, 3.05) is 13.6 Å². The second kappa shape index (κ2) is 7.96. The molecule has 9 heteroatoms. The van der Waals surface area contributed by atoms with E-state index in [1.54, 1.807) is 44.3 Å². The molecule has 1 aliphatic rings. The Labute approximate surface area is 183 Å². The normalized spacial score (nSPS) is 18.4. The third-order valence-electron chi connectivity index (χ3n) is 5.19. The van der Waals surface area contributed by atoms with Gasteiger partial charge in [0.05, 0.1) is 12.8 Å². The first-order valence-corrected chi connectivity index (χ1v) is 9.92. The standard InChI is InChI=1S/C22H20ClN3O5/c1-22(18-4-3-11-30-18)20(28)26(21(29)24-22)13-19(27)25(2)12-16-9-10-17(31-16)14-5-7-15(23)8-6-14/h3-11H,12-13H2,1-2H3,(H,24,29). The van der Waals surface area contributed by atoms with Crippen molar-refractivity contribution in [2.45, 2.75) is 19.0 Å². The highest BCUT2D eigenvalue weighted by Gasteiger charge is 2.51. The zero-order chi connectivity index (χ0) is 22.2. The Morgan fingerprint density at radius 3 is 2.58 bits per heavy atom. The van der Waals surface area contributed by atoms with Crippen LogP contribution in [-0.4, -0.2) is 41.2 Å². The number of halogens is 1. The van der Waals surface area contributed by atoms with Gasteiger partial charge in [-0.25, -0.2) is 4.79 Å². The third-order valence-corrected chi connectivity index (χ3v) is 5.44. The van der Waals surface area contributed by atoms with Crippen molar-refractivity contribution >= 4 is 29.4 Å². The summed E-state index contributed by atoms with van der Waals surface area (Å²) < 4.78 is 11.1. The number of nitrogens with one attached hydrogen (secondary N) is 1. The van der Waals surface area contributed by atoms with Gasteiger partial charge in [-0.1, -0.05) is 11.6 Å². The van der Waals surface area contributed by atoms with Crippen LogP contribution >= 0.6 is 11.6 Å². The van der Waals surface area contributed by atoms with E-state index >= 15 is 0 Å². The maximum Gasteiger partial charge on any atom is 0.325 e. The van der Waals surface area contributed by atoms with Crippen molar-refractivity contribution in [3.63, 3.8) is 0 Å². The van der Waals surface area contributed by atoms with Crippen molar-refractivity contribution < 1.29 is 23.2 Å². The molecular weight excluding hydrogens is 422 g/mol. The second-order valence-corrected chi connectivity index (χ2v) is 7.88. The predicted molar refractivity (Wildman–Crippen MR) is 112 cm³/mol. The molecule has 4 rings (SSSR count). The van der Waals surface area contributed by atoms with Gasteiger partial charge in [-0.2, -0.15) is 0 Å². The highest BCUT2D eigenvalue weighted by atomic mass is 35.5. The van der Waals surface area contributed by atoms with Crippen LogP contribution in [0.25, 0.3) is 11.3 Å². The molecule has 1 aromatic carbocycles. The molecule has 4 amide bonds. The van der Waals surface area contributed by atoms with Crippen molar-refractivity contribution in [1.82, 2.24) is 15.1 Å². The SMILES string of the molecule is CN(Cc1ccc(-c2ccc(Cl)cc2)o1)C(=O)CN1C(=O)NC(C)(c2ccco2)C1=O. The largest absolute Gasteiger partial charge is 0.466 e. The second-order valence-electron chi connectivity index (χ2n) is 7.45. The van der Waals surface area contributed by atoms with Crippen LogP contribution in [0, 0.1) is 0 Å². The van der Waals surface area contributed by atoms with E-state index in [4.69, 9.17) is 20.4 Å². The molecule has 3 aromatic rings. The number of hydrogen-bond acceptors (Lipinski definition) is 5. The van der Waals surface area contributed by atoms with Gasteiger partial charge in [-0.15, -0.1) is 0 Å². The zero-order valence-electron chi connectivity index (χ0n) is 16.9. The van der Waals surface area contributed by atoms with E-state index in [0.29, 0.717) is 22.3 Å². The van der Waals surface area contributed by atoms with Crippen molar-refractivity contribution in [2.24, 2.45) is 0 Å². The maximum atomic E-state index is 12.8. The van der Waals surface area contributed by atoms with Gasteiger partial charge >= 0.3 is 6.03 Å². The van der Waals surface area contributed by atoms with Gasteiger partial charge in [-0.05, 0) is 55.5 Å². The summed E-state index contributed by atoms with van der Waals surface area (Å²) in [5, 5.41) is 3.23. The van der Waals surface area contributed by atoms with E-state index in [9.17, 15) is 14.4 Å². The number of urea groups is 1. The summed E-state index contributed by atoms with van der Waals surface area (Å²) >= 11 is 5.91. The fourth-order valence-corrected chi connectivity index (χ4v) is 3.51. The van der Waals surface area contributed by atoms with E-state index in [2.05, 4.69) is 5.32 Å². The molecule has 2 aromatic heterocycles. The van der Waals surface area contributed by atoms with Crippen molar-refractivity contribution in [1.29, 1.82) is 0 Å². The van der Waals surface area contributed by atoms with Crippen LogP contribution in [0.1, 0.15) is 18.4 Å². The number of furan rings is 2. The monoisotopic (exact) mass is 441 g/mol. The summed E-state index contributed by atoms with van der Waals surface area (Å²) in [5.74, 6) is 0.572. The highest BCUT2D eigenvalue weighted by Crippen LogP contribution is 2.29. The Morgan fingerprint density at radius 1 is 1.16 bits per heavy atom. The zero-order valence-corrected chi connectivity index (χ0v) is 17.7. The molecule has 0 spiro atoms. The van der Waals surface area contributed by atoms with Crippen LogP contribution in [0.15, 0.2) is 63.6 Å². The molecule has 1 atom stereocenters. The molecule has 8 nitrogen and oxygen atoms in total. The number of hydrogen-bond donors (Lipinski definition) is 1. The predicted octanol–water partition coefficient (Wildman–Crippen LogP) is 3.62. The first-order valence-electron chi connectivity index (χ1n) is 9.54. The molecule has 31 heavy (non-hydrogen) atoms. The molecule has 0 radical (unpaired) electrons. The number of carbonyl (C=O) groups is 3. The van der Waals surface area contributed by atoms with E-state index in [1.165, 1.54) is 11.2 Å². The molecular formula is C22H20ClN3O5. The van der Waals surface area contributed by atoms with Crippen LogP contribution in [0.2, 0.25) is 5.02 Å². The van der Waals surface area contributed by atoms with Crippen molar-refractivity contribution in [3.05, 3.63) is 71.3 Å². The van der Waals surface area contributed by atoms with Gasteiger partial charge in [0.1, 0.15) is 23.8 Å². The van der Waals surface area contributed by atoms with Crippen molar-refractivity contribution in [3.8, 4) is 11.3 Å². The first-order chi connectivity index (χ1) is 14.8. The third kappa shape index (κ3) is 3.94. The average Bonchev–Trinajstić information content (AvgIpc) is 3.47. The van der Waals surface area contributed by atoms with E-state index in [-0.39, 0.29) is 13.1 Å². The van der Waals surface area contributed by atoms with Crippen LogP contribution in [0.5, 0.6) is 0 Å². The molecule has 0 saturated carbocycles. The lowest BCUT2D eigenvalue weighted by atomic mass is 9.99. The lowest BCUT2D eigenvalue weighted by Gasteiger charge is -2.21. The van der Waals surface area contributed by atoms with Crippen LogP contribution in [0.4, 0.5) is 4.79 Å². The summed E-state index contributed by atoms with van der Waals surface area (Å²) in [5.41, 5.74) is -0.477. The number of likely N-dealkylation sites (N-methyl/N-ethyl adjacent to an activating group) is 1. The fourth-order valence-electron chi connectivity index (χ4n) is 3.38. The summed E-state index contributed by atoms with van der Waals surface area (Å²) in [7, 11) is 1.58. The molecule has 1 aliphatic heterocycles.